The van der Waals surface area contributed by atoms with Crippen molar-refractivity contribution in [2.75, 3.05) is 25.6 Å². The lowest BCUT2D eigenvalue weighted by Crippen LogP contribution is -2.40. The van der Waals surface area contributed by atoms with Crippen molar-refractivity contribution in [3.05, 3.63) is 53.1 Å². The number of ether oxygens (including phenoxy) is 2. The summed E-state index contributed by atoms with van der Waals surface area (Å²) in [5, 5.41) is 2.86. The van der Waals surface area contributed by atoms with E-state index in [1.807, 2.05) is 0 Å². The van der Waals surface area contributed by atoms with Gasteiger partial charge in [0.1, 0.15) is 17.5 Å². The van der Waals surface area contributed by atoms with Crippen LogP contribution in [0.25, 0.3) is 11.1 Å². The Morgan fingerprint density at radius 2 is 1.93 bits per heavy atom. The summed E-state index contributed by atoms with van der Waals surface area (Å²) in [6.45, 7) is 1.93. The van der Waals surface area contributed by atoms with Crippen molar-refractivity contribution in [2.24, 2.45) is 5.92 Å². The number of halogens is 3. The van der Waals surface area contributed by atoms with Gasteiger partial charge in [-0.15, -0.1) is 0 Å². The van der Waals surface area contributed by atoms with Crippen LogP contribution in [0.4, 0.5) is 24.9 Å². The molecule has 214 valence electrons. The number of alkyl halides is 1. The van der Waals surface area contributed by atoms with Gasteiger partial charge in [0.25, 0.3) is 6.01 Å². The number of hydrogen-bond acceptors (Lipinski definition) is 7. The third-order valence-electron chi connectivity index (χ3n) is 7.72. The average Bonchev–Trinajstić information content (AvgIpc) is 3.52. The molecule has 1 aliphatic carbocycles. The number of anilines is 2. The van der Waals surface area contributed by atoms with Gasteiger partial charge in [-0.3, -0.25) is 9.59 Å². The minimum atomic E-state index is -1.17. The number of aromatic nitrogens is 1. The Hall–Kier alpha value is -3.60. The van der Waals surface area contributed by atoms with Gasteiger partial charge in [-0.05, 0) is 68.0 Å². The highest BCUT2D eigenvalue weighted by Crippen LogP contribution is 2.30. The molecule has 11 heteroatoms. The van der Waals surface area contributed by atoms with E-state index in [0.717, 1.165) is 5.56 Å². The second-order valence-corrected chi connectivity index (χ2v) is 10.6. The summed E-state index contributed by atoms with van der Waals surface area (Å²) in [7, 11) is 1.38. The Labute approximate surface area is 229 Å². The first kappa shape index (κ1) is 27.9. The van der Waals surface area contributed by atoms with Crippen LogP contribution < -0.4 is 5.32 Å². The Bertz CT molecular complexity index is 1390. The second kappa shape index (κ2) is 11.9. The van der Waals surface area contributed by atoms with Crippen molar-refractivity contribution in [2.45, 2.75) is 63.8 Å². The summed E-state index contributed by atoms with van der Waals surface area (Å²) in [4.78, 5) is 30.5. The summed E-state index contributed by atoms with van der Waals surface area (Å²) < 4.78 is 59.4. The number of esters is 1. The van der Waals surface area contributed by atoms with Crippen LogP contribution in [0.5, 0.6) is 0 Å². The van der Waals surface area contributed by atoms with Gasteiger partial charge >= 0.3 is 5.97 Å². The number of carbonyl (C=O) groups is 2. The minimum Gasteiger partial charge on any atom is -0.469 e. The predicted molar refractivity (Wildman–Crippen MR) is 141 cm³/mol. The van der Waals surface area contributed by atoms with Crippen LogP contribution in [0.15, 0.2) is 34.7 Å². The van der Waals surface area contributed by atoms with E-state index in [-0.39, 0.29) is 67.0 Å². The highest BCUT2D eigenvalue weighted by atomic mass is 19.1. The van der Waals surface area contributed by atoms with E-state index in [1.54, 1.807) is 13.0 Å². The number of rotatable bonds is 8. The van der Waals surface area contributed by atoms with Crippen molar-refractivity contribution >= 4 is 34.7 Å². The molecule has 1 aromatic heterocycles. The molecular formula is C29H32F3N3O5. The van der Waals surface area contributed by atoms with E-state index in [4.69, 9.17) is 13.9 Å². The van der Waals surface area contributed by atoms with Crippen LogP contribution in [-0.4, -0.2) is 60.3 Å². The number of hydrogen-bond donors (Lipinski definition) is 1. The maximum absolute atomic E-state index is 14.9. The lowest BCUT2D eigenvalue weighted by Gasteiger charge is -2.30. The smallest absolute Gasteiger partial charge is 0.308 e. The molecule has 2 fully saturated rings. The highest BCUT2D eigenvalue weighted by Gasteiger charge is 2.36. The van der Waals surface area contributed by atoms with Crippen molar-refractivity contribution in [3.8, 4) is 0 Å². The van der Waals surface area contributed by atoms with Crippen LogP contribution in [0.1, 0.15) is 43.2 Å². The molecule has 0 bridgehead atoms. The van der Waals surface area contributed by atoms with Crippen molar-refractivity contribution < 1.29 is 36.7 Å². The third-order valence-corrected chi connectivity index (χ3v) is 7.72. The molecule has 8 nitrogen and oxygen atoms in total. The van der Waals surface area contributed by atoms with E-state index < -0.39 is 23.8 Å². The summed E-state index contributed by atoms with van der Waals surface area (Å²) in [6, 6.07) is 6.52. The minimum absolute atomic E-state index is 0.0104. The number of methoxy groups -OCH3 is 1. The Kier molecular flexibility index (Phi) is 8.30. The SMILES string of the molecule is COC(=O)C1CCC(OC[C@@H]2C[C@H](F)CN2C(=O)Cc2cc(F)c3nc(Nc4cc(F)ccc4C)oc3c2)CC1. The summed E-state index contributed by atoms with van der Waals surface area (Å²) in [6.07, 6.45) is 1.55. The monoisotopic (exact) mass is 559 g/mol. The average molecular weight is 560 g/mol. The zero-order valence-electron chi connectivity index (χ0n) is 22.4. The van der Waals surface area contributed by atoms with Gasteiger partial charge < -0.3 is 24.1 Å². The van der Waals surface area contributed by atoms with Crippen molar-refractivity contribution in [1.82, 2.24) is 9.88 Å². The topological polar surface area (TPSA) is 93.9 Å². The third kappa shape index (κ3) is 6.24. The fourth-order valence-corrected chi connectivity index (χ4v) is 5.52. The number of nitrogens with zero attached hydrogens (tertiary/aromatic N) is 2. The predicted octanol–water partition coefficient (Wildman–Crippen LogP) is 5.39. The van der Waals surface area contributed by atoms with Crippen molar-refractivity contribution in [3.63, 3.8) is 0 Å². The molecule has 3 aromatic rings. The van der Waals surface area contributed by atoms with Gasteiger partial charge in [0.15, 0.2) is 11.4 Å². The molecule has 2 aromatic carbocycles. The molecule has 0 spiro atoms. The van der Waals surface area contributed by atoms with Gasteiger partial charge in [0, 0.05) is 12.1 Å². The molecule has 2 aliphatic rings. The lowest BCUT2D eigenvalue weighted by molar-refractivity contribution is -0.148. The molecule has 0 radical (unpaired) electrons. The zero-order chi connectivity index (χ0) is 28.4. The lowest BCUT2D eigenvalue weighted by atomic mass is 9.87. The number of fused-ring (bicyclic) bond motifs is 1. The molecule has 2 heterocycles. The Balaban J connectivity index is 1.22. The standard InChI is InChI=1S/C29H32F3N3O5/c1-16-3-6-19(30)13-24(16)33-29-34-27-23(32)9-17(10-25(27)40-29)11-26(36)35-14-20(31)12-21(35)15-39-22-7-4-18(5-8-22)28(37)38-2/h3,6,9-10,13,18,20-22H,4-5,7-8,11-12,14-15H2,1-2H3,(H,33,34)/t18?,20-,21-,22?/m0/s1. The van der Waals surface area contributed by atoms with Gasteiger partial charge in [-0.1, -0.05) is 6.07 Å². The molecule has 0 unspecified atom stereocenters. The van der Waals surface area contributed by atoms with Gasteiger partial charge in [0.05, 0.1) is 44.7 Å². The zero-order valence-corrected chi connectivity index (χ0v) is 22.4. The molecule has 5 rings (SSSR count). The van der Waals surface area contributed by atoms with E-state index in [2.05, 4.69) is 10.3 Å². The van der Waals surface area contributed by atoms with E-state index in [9.17, 15) is 22.8 Å². The van der Waals surface area contributed by atoms with Gasteiger partial charge in [-0.2, -0.15) is 4.98 Å². The van der Waals surface area contributed by atoms with Crippen LogP contribution in [-0.2, 0) is 25.5 Å². The first-order valence-corrected chi connectivity index (χ1v) is 13.4. The Morgan fingerprint density at radius 3 is 2.67 bits per heavy atom. The first-order valence-electron chi connectivity index (χ1n) is 13.4. The largest absolute Gasteiger partial charge is 0.469 e. The van der Waals surface area contributed by atoms with E-state index in [1.165, 1.54) is 36.3 Å². The summed E-state index contributed by atoms with van der Waals surface area (Å²) in [5.74, 6) is -1.77. The molecular weight excluding hydrogens is 527 g/mol. The van der Waals surface area contributed by atoms with Gasteiger partial charge in [-0.25, -0.2) is 13.2 Å². The molecule has 2 atom stereocenters. The first-order chi connectivity index (χ1) is 19.2. The molecule has 1 saturated carbocycles. The maximum atomic E-state index is 14.9. The number of benzene rings is 2. The van der Waals surface area contributed by atoms with Crippen LogP contribution in [0, 0.1) is 24.5 Å². The molecule has 40 heavy (non-hydrogen) atoms. The number of likely N-dealkylation sites (tertiary alicyclic amines) is 1. The molecule has 1 aliphatic heterocycles. The number of oxazole rings is 1. The van der Waals surface area contributed by atoms with E-state index >= 15 is 0 Å². The Morgan fingerprint density at radius 1 is 1.15 bits per heavy atom. The number of amides is 1. The normalized spacial score (nSPS) is 23.0. The van der Waals surface area contributed by atoms with Crippen LogP contribution in [0.3, 0.4) is 0 Å². The maximum Gasteiger partial charge on any atom is 0.308 e. The fraction of sp³-hybridized carbons (Fsp3) is 0.483. The fourth-order valence-electron chi connectivity index (χ4n) is 5.52. The number of carbonyl (C=O) groups excluding carboxylic acids is 2. The molecule has 1 amide bonds. The number of nitrogens with one attached hydrogen (secondary N) is 1. The second-order valence-electron chi connectivity index (χ2n) is 10.6. The number of aryl methyl sites for hydroxylation is 1. The summed E-state index contributed by atoms with van der Waals surface area (Å²) in [5.41, 5.74) is 1.65. The molecule has 1 saturated heterocycles. The molecule has 1 N–H and O–H groups in total. The highest BCUT2D eigenvalue weighted by molar-refractivity contribution is 5.82. The van der Waals surface area contributed by atoms with Crippen molar-refractivity contribution in [1.29, 1.82) is 0 Å². The summed E-state index contributed by atoms with van der Waals surface area (Å²) >= 11 is 0. The van der Waals surface area contributed by atoms with Crippen LogP contribution in [0.2, 0.25) is 0 Å². The van der Waals surface area contributed by atoms with Crippen LogP contribution >= 0.6 is 0 Å². The van der Waals surface area contributed by atoms with E-state index in [0.29, 0.717) is 36.9 Å². The quantitative estimate of drug-likeness (QED) is 0.370. The van der Waals surface area contributed by atoms with Gasteiger partial charge in [0.2, 0.25) is 5.91 Å².